The Hall–Kier alpha value is -4.06. The zero-order chi connectivity index (χ0) is 27.0. The van der Waals surface area contributed by atoms with E-state index in [2.05, 4.69) is 145 Å². The van der Waals surface area contributed by atoms with Gasteiger partial charge < -0.3 is 18.6 Å². The minimum atomic E-state index is -0.0762. The standard InChI is InChI=1S/C31H32B3N5/c1-21-13-11-14-22(2)29(21)38-32(5)37-27-19-9-7-17-25(27)31-35-26-18-8-10-20-28(26)36(31)34(37)39(33(38)6)30-23(3)15-12-16-24(30)4/h7-20H,1-6H3. The monoisotopic (exact) mass is 507 g/mol. The predicted molar refractivity (Wildman–Crippen MR) is 169 cm³/mol. The van der Waals surface area contributed by atoms with Gasteiger partial charge in [-0.15, -0.1) is 0 Å². The van der Waals surface area contributed by atoms with E-state index in [-0.39, 0.29) is 21.1 Å². The molecular weight excluding hydrogens is 475 g/mol. The van der Waals surface area contributed by atoms with Gasteiger partial charge in [-0.25, -0.2) is 4.98 Å². The third-order valence-electron chi connectivity index (χ3n) is 8.75. The van der Waals surface area contributed by atoms with Crippen molar-refractivity contribution in [2.45, 2.75) is 41.3 Å². The Bertz CT molecular complexity index is 1710. The summed E-state index contributed by atoms with van der Waals surface area (Å²) >= 11 is 0. The predicted octanol–water partition coefficient (Wildman–Crippen LogP) is 6.85. The van der Waals surface area contributed by atoms with Crippen LogP contribution in [0.15, 0.2) is 84.9 Å². The minimum Gasteiger partial charge on any atom is -0.424 e. The van der Waals surface area contributed by atoms with Gasteiger partial charge in [0.25, 0.3) is 0 Å². The second-order valence-corrected chi connectivity index (χ2v) is 11.1. The van der Waals surface area contributed by atoms with Gasteiger partial charge in [-0.3, -0.25) is 0 Å². The van der Waals surface area contributed by atoms with Crippen LogP contribution >= 0.6 is 0 Å². The molecule has 0 N–H and O–H groups in total. The van der Waals surface area contributed by atoms with Crippen molar-refractivity contribution in [3.63, 3.8) is 0 Å². The van der Waals surface area contributed by atoms with E-state index in [1.807, 2.05) is 0 Å². The Morgan fingerprint density at radius 1 is 0.564 bits per heavy atom. The van der Waals surface area contributed by atoms with Gasteiger partial charge in [0.05, 0.1) is 11.0 Å². The molecule has 0 atom stereocenters. The highest BCUT2D eigenvalue weighted by atomic mass is 15.4. The van der Waals surface area contributed by atoms with E-state index in [4.69, 9.17) is 4.98 Å². The van der Waals surface area contributed by atoms with Crippen molar-refractivity contribution in [2.24, 2.45) is 0 Å². The van der Waals surface area contributed by atoms with Crippen LogP contribution in [0.25, 0.3) is 22.4 Å². The molecule has 3 heterocycles. The van der Waals surface area contributed by atoms with Crippen LogP contribution in [-0.2, 0) is 0 Å². The summed E-state index contributed by atoms with van der Waals surface area (Å²) in [5.41, 5.74) is 12.3. The fraction of sp³-hybridized carbons (Fsp3) is 0.194. The number of aromatic nitrogens is 2. The quantitative estimate of drug-likeness (QED) is 0.245. The van der Waals surface area contributed by atoms with E-state index < -0.39 is 0 Å². The molecule has 1 saturated heterocycles. The Labute approximate surface area is 232 Å². The number of imidazole rings is 1. The SMILES string of the molecule is CB1N2B(N(c3c(C)cccc3C)B(C)N1c1c(C)cccc1C)n1c(nc3ccccc31)-c1ccccc12. The molecule has 2 aliphatic rings. The Morgan fingerprint density at radius 3 is 1.77 bits per heavy atom. The van der Waals surface area contributed by atoms with E-state index in [0.717, 1.165) is 16.9 Å². The zero-order valence-electron chi connectivity index (χ0n) is 23.6. The molecule has 0 spiro atoms. The van der Waals surface area contributed by atoms with Gasteiger partial charge in [0.2, 0.25) is 0 Å². The van der Waals surface area contributed by atoms with Gasteiger partial charge in [0.1, 0.15) is 5.82 Å². The molecule has 0 saturated carbocycles. The summed E-state index contributed by atoms with van der Waals surface area (Å²) in [7, 11) is -0.0762. The van der Waals surface area contributed by atoms with Gasteiger partial charge >= 0.3 is 21.1 Å². The van der Waals surface area contributed by atoms with E-state index in [0.29, 0.717) is 0 Å². The molecule has 1 aromatic heterocycles. The van der Waals surface area contributed by atoms with Crippen LogP contribution in [0, 0.1) is 27.7 Å². The van der Waals surface area contributed by atoms with Crippen molar-refractivity contribution in [1.29, 1.82) is 0 Å². The van der Waals surface area contributed by atoms with Crippen LogP contribution in [0.1, 0.15) is 22.3 Å². The highest BCUT2D eigenvalue weighted by Crippen LogP contribution is 2.45. The summed E-state index contributed by atoms with van der Waals surface area (Å²) in [6.07, 6.45) is 0. The third kappa shape index (κ3) is 3.33. The summed E-state index contributed by atoms with van der Waals surface area (Å²) in [6, 6.07) is 30.6. The molecule has 0 unspecified atom stereocenters. The van der Waals surface area contributed by atoms with Crippen molar-refractivity contribution in [2.75, 3.05) is 14.2 Å². The number of hydrogen-bond acceptors (Lipinski definition) is 4. The Balaban J connectivity index is 1.58. The summed E-state index contributed by atoms with van der Waals surface area (Å²) in [5.74, 6) is 1.03. The lowest BCUT2D eigenvalue weighted by molar-refractivity contribution is 1.09. The molecule has 0 bridgehead atoms. The van der Waals surface area contributed by atoms with Crippen LogP contribution in [0.4, 0.5) is 17.1 Å². The van der Waals surface area contributed by atoms with Gasteiger partial charge in [0, 0.05) is 22.6 Å². The first-order valence-corrected chi connectivity index (χ1v) is 13.9. The average molecular weight is 507 g/mol. The van der Waals surface area contributed by atoms with Crippen molar-refractivity contribution in [3.05, 3.63) is 107 Å². The topological polar surface area (TPSA) is 27.5 Å². The smallest absolute Gasteiger partial charge is 0.424 e. The van der Waals surface area contributed by atoms with Crippen LogP contribution in [0.5, 0.6) is 0 Å². The summed E-state index contributed by atoms with van der Waals surface area (Å²) in [6.45, 7) is 13.9. The summed E-state index contributed by atoms with van der Waals surface area (Å²) in [4.78, 5) is 5.21. The highest BCUT2D eigenvalue weighted by Gasteiger charge is 2.55. The second kappa shape index (κ2) is 8.73. The normalized spacial score (nSPS) is 14.6. The number of anilines is 3. The maximum absolute atomic E-state index is 5.21. The van der Waals surface area contributed by atoms with E-state index in [1.165, 1.54) is 44.9 Å². The number of aryl methyl sites for hydroxylation is 4. The molecular formula is C31H32B3N5. The fourth-order valence-corrected chi connectivity index (χ4v) is 7.13. The largest absolute Gasteiger partial charge is 0.487 e. The molecule has 2 aliphatic heterocycles. The number of para-hydroxylation sites is 5. The second-order valence-electron chi connectivity index (χ2n) is 11.1. The van der Waals surface area contributed by atoms with Crippen molar-refractivity contribution in [1.82, 2.24) is 9.46 Å². The molecule has 190 valence electrons. The molecule has 0 aliphatic carbocycles. The van der Waals surface area contributed by atoms with Gasteiger partial charge in [-0.05, 0) is 87.9 Å². The van der Waals surface area contributed by atoms with Crippen LogP contribution in [0.3, 0.4) is 0 Å². The average Bonchev–Trinajstić information content (AvgIpc) is 3.31. The number of nitrogens with zero attached hydrogens (tertiary/aromatic N) is 5. The lowest BCUT2D eigenvalue weighted by Gasteiger charge is -2.57. The lowest BCUT2D eigenvalue weighted by Crippen LogP contribution is -2.80. The minimum absolute atomic E-state index is 0.0762. The molecule has 8 heteroatoms. The van der Waals surface area contributed by atoms with Crippen molar-refractivity contribution >= 4 is 49.2 Å². The van der Waals surface area contributed by atoms with Crippen LogP contribution in [0.2, 0.25) is 13.6 Å². The maximum atomic E-state index is 5.21. The first-order chi connectivity index (χ1) is 18.9. The fourth-order valence-electron chi connectivity index (χ4n) is 7.13. The molecule has 0 amide bonds. The first kappa shape index (κ1) is 24.0. The zero-order valence-corrected chi connectivity index (χ0v) is 23.6. The van der Waals surface area contributed by atoms with Crippen molar-refractivity contribution < 1.29 is 0 Å². The molecule has 39 heavy (non-hydrogen) atoms. The number of rotatable bonds is 2. The van der Waals surface area contributed by atoms with E-state index in [9.17, 15) is 0 Å². The third-order valence-corrected chi connectivity index (χ3v) is 8.75. The number of hydrogen-bond donors (Lipinski definition) is 0. The Morgan fingerprint density at radius 2 is 1.10 bits per heavy atom. The summed E-state index contributed by atoms with van der Waals surface area (Å²) < 4.78 is 10.3. The lowest BCUT2D eigenvalue weighted by atomic mass is 9.46. The highest BCUT2D eigenvalue weighted by molar-refractivity contribution is 7.04. The molecule has 7 rings (SSSR count). The van der Waals surface area contributed by atoms with Crippen LogP contribution < -0.4 is 14.2 Å². The molecule has 4 aromatic carbocycles. The van der Waals surface area contributed by atoms with Gasteiger partial charge in [0.15, 0.2) is 0 Å². The number of fused-ring (bicyclic) bond motifs is 8. The van der Waals surface area contributed by atoms with Gasteiger partial charge in [-0.1, -0.05) is 60.7 Å². The number of benzene rings is 4. The molecule has 1 fully saturated rings. The van der Waals surface area contributed by atoms with Crippen molar-refractivity contribution in [3.8, 4) is 11.4 Å². The Kier molecular flexibility index (Phi) is 5.38. The molecule has 5 aromatic rings. The molecule has 5 nitrogen and oxygen atoms in total. The van der Waals surface area contributed by atoms with Gasteiger partial charge in [-0.2, -0.15) is 0 Å². The van der Waals surface area contributed by atoms with E-state index in [1.54, 1.807) is 0 Å². The van der Waals surface area contributed by atoms with Crippen LogP contribution in [-0.4, -0.2) is 30.5 Å². The maximum Gasteiger partial charge on any atom is 0.487 e. The van der Waals surface area contributed by atoms with E-state index >= 15 is 0 Å². The first-order valence-electron chi connectivity index (χ1n) is 13.9. The summed E-state index contributed by atoms with van der Waals surface area (Å²) in [5, 5.41) is 0. The molecule has 0 radical (unpaired) electrons.